The number of carbonyl (C=O) groups excluding carboxylic acids is 1. The van der Waals surface area contributed by atoms with E-state index in [2.05, 4.69) is 10.3 Å². The Morgan fingerprint density at radius 3 is 2.78 bits per heavy atom. The maximum absolute atomic E-state index is 12.2. The number of carbonyl (C=O) groups is 1. The molecule has 0 radical (unpaired) electrons. The molecule has 0 saturated carbocycles. The van der Waals surface area contributed by atoms with Crippen molar-refractivity contribution in [1.29, 1.82) is 0 Å². The zero-order valence-corrected chi connectivity index (χ0v) is 12.8. The number of pyridine rings is 2. The van der Waals surface area contributed by atoms with Gasteiger partial charge < -0.3 is 9.88 Å². The van der Waals surface area contributed by atoms with Crippen LogP contribution in [0.25, 0.3) is 10.9 Å². The van der Waals surface area contributed by atoms with Gasteiger partial charge in [-0.2, -0.15) is 0 Å². The molecular formula is C18H17N3O2. The van der Waals surface area contributed by atoms with Crippen LogP contribution in [0.3, 0.4) is 0 Å². The first-order valence-electron chi connectivity index (χ1n) is 7.41. The van der Waals surface area contributed by atoms with Crippen molar-refractivity contribution in [2.45, 2.75) is 20.0 Å². The highest BCUT2D eigenvalue weighted by molar-refractivity contribution is 5.82. The molecule has 2 aromatic heterocycles. The van der Waals surface area contributed by atoms with E-state index in [4.69, 9.17) is 0 Å². The average molecular weight is 307 g/mol. The number of benzene rings is 1. The van der Waals surface area contributed by atoms with E-state index in [1.807, 2.05) is 43.3 Å². The maximum atomic E-state index is 12.2. The molecule has 2 heterocycles. The van der Waals surface area contributed by atoms with Crippen LogP contribution in [-0.4, -0.2) is 15.5 Å². The summed E-state index contributed by atoms with van der Waals surface area (Å²) in [5.74, 6) is -0.123. The van der Waals surface area contributed by atoms with Crippen LogP contribution in [0, 0.1) is 6.92 Å². The number of rotatable bonds is 4. The number of para-hydroxylation sites is 1. The molecule has 1 amide bonds. The molecule has 3 aromatic rings. The predicted octanol–water partition coefficient (Wildman–Crippen LogP) is 2.02. The first-order valence-corrected chi connectivity index (χ1v) is 7.41. The Bertz CT molecular complexity index is 915. The van der Waals surface area contributed by atoms with E-state index in [9.17, 15) is 9.59 Å². The lowest BCUT2D eigenvalue weighted by Gasteiger charge is -2.11. The summed E-state index contributed by atoms with van der Waals surface area (Å²) in [6, 6.07) is 14.5. The molecule has 1 N–H and O–H groups in total. The predicted molar refractivity (Wildman–Crippen MR) is 89.0 cm³/mol. The molecule has 116 valence electrons. The zero-order valence-electron chi connectivity index (χ0n) is 12.8. The molecule has 1 aromatic carbocycles. The van der Waals surface area contributed by atoms with Gasteiger partial charge in [0.2, 0.25) is 5.91 Å². The third-order valence-corrected chi connectivity index (χ3v) is 3.61. The van der Waals surface area contributed by atoms with Crippen LogP contribution in [0.4, 0.5) is 0 Å². The maximum Gasteiger partial charge on any atom is 0.240 e. The lowest BCUT2D eigenvalue weighted by molar-refractivity contribution is -0.121. The van der Waals surface area contributed by atoms with Crippen LogP contribution in [0.15, 0.2) is 59.5 Å². The van der Waals surface area contributed by atoms with Crippen LogP contribution < -0.4 is 10.7 Å². The van der Waals surface area contributed by atoms with E-state index in [-0.39, 0.29) is 17.9 Å². The van der Waals surface area contributed by atoms with E-state index in [1.54, 1.807) is 16.8 Å². The molecule has 0 aliphatic heterocycles. The van der Waals surface area contributed by atoms with Crippen molar-refractivity contribution in [2.75, 3.05) is 0 Å². The van der Waals surface area contributed by atoms with Crippen molar-refractivity contribution in [1.82, 2.24) is 14.9 Å². The van der Waals surface area contributed by atoms with Crippen LogP contribution in [0.1, 0.15) is 11.4 Å². The SMILES string of the molecule is Cc1cccc(CNC(=O)Cn2ccc(=O)c3ccccc32)n1. The lowest BCUT2D eigenvalue weighted by Crippen LogP contribution is -2.28. The fourth-order valence-corrected chi connectivity index (χ4v) is 2.50. The molecular weight excluding hydrogens is 290 g/mol. The summed E-state index contributed by atoms with van der Waals surface area (Å²) in [5, 5.41) is 3.47. The summed E-state index contributed by atoms with van der Waals surface area (Å²) in [4.78, 5) is 28.3. The zero-order chi connectivity index (χ0) is 16.2. The van der Waals surface area contributed by atoms with Crippen molar-refractivity contribution >= 4 is 16.8 Å². The molecule has 23 heavy (non-hydrogen) atoms. The molecule has 5 heteroatoms. The standard InChI is InChI=1S/C18H17N3O2/c1-13-5-4-6-14(20-13)11-19-18(23)12-21-10-9-17(22)15-7-2-3-8-16(15)21/h2-10H,11-12H2,1H3,(H,19,23). The second-order valence-corrected chi connectivity index (χ2v) is 5.37. The molecule has 0 aliphatic carbocycles. The summed E-state index contributed by atoms with van der Waals surface area (Å²) in [6.45, 7) is 2.46. The Labute approximate surface area is 133 Å². The monoisotopic (exact) mass is 307 g/mol. The van der Waals surface area contributed by atoms with Crippen molar-refractivity contribution < 1.29 is 4.79 Å². The van der Waals surface area contributed by atoms with E-state index < -0.39 is 0 Å². The molecule has 0 unspecified atom stereocenters. The van der Waals surface area contributed by atoms with Crippen LogP contribution >= 0.6 is 0 Å². The number of aromatic nitrogens is 2. The summed E-state index contributed by atoms with van der Waals surface area (Å²) < 4.78 is 1.77. The Balaban J connectivity index is 1.73. The average Bonchev–Trinajstić information content (AvgIpc) is 2.56. The first kappa shape index (κ1) is 15.0. The molecule has 0 bridgehead atoms. The van der Waals surface area contributed by atoms with Crippen molar-refractivity contribution in [2.24, 2.45) is 0 Å². The fourth-order valence-electron chi connectivity index (χ4n) is 2.50. The quantitative estimate of drug-likeness (QED) is 0.802. The number of fused-ring (bicyclic) bond motifs is 1. The van der Waals surface area contributed by atoms with Crippen LogP contribution in [0.2, 0.25) is 0 Å². The summed E-state index contributed by atoms with van der Waals surface area (Å²) in [5.41, 5.74) is 2.45. The van der Waals surface area contributed by atoms with Gasteiger partial charge in [-0.15, -0.1) is 0 Å². The van der Waals surface area contributed by atoms with Gasteiger partial charge in [-0.3, -0.25) is 14.6 Å². The molecule has 0 spiro atoms. The minimum atomic E-state index is -0.123. The first-order chi connectivity index (χ1) is 11.1. The van der Waals surface area contributed by atoms with E-state index in [0.29, 0.717) is 11.9 Å². The lowest BCUT2D eigenvalue weighted by atomic mass is 10.2. The second kappa shape index (κ2) is 6.44. The van der Waals surface area contributed by atoms with E-state index >= 15 is 0 Å². The topological polar surface area (TPSA) is 64.0 Å². The van der Waals surface area contributed by atoms with Crippen LogP contribution in [-0.2, 0) is 17.9 Å². The highest BCUT2D eigenvalue weighted by Crippen LogP contribution is 2.09. The van der Waals surface area contributed by atoms with Gasteiger partial charge in [-0.25, -0.2) is 0 Å². The number of hydrogen-bond donors (Lipinski definition) is 1. The van der Waals surface area contributed by atoms with Gasteiger partial charge in [0.05, 0.1) is 17.8 Å². The molecule has 0 atom stereocenters. The third-order valence-electron chi connectivity index (χ3n) is 3.61. The molecule has 0 saturated heterocycles. The number of hydrogen-bond acceptors (Lipinski definition) is 3. The normalized spacial score (nSPS) is 10.7. The minimum Gasteiger partial charge on any atom is -0.349 e. The molecule has 0 aliphatic rings. The van der Waals surface area contributed by atoms with Crippen LogP contribution in [0.5, 0.6) is 0 Å². The number of amides is 1. The minimum absolute atomic E-state index is 0.0405. The third kappa shape index (κ3) is 3.45. The molecule has 3 rings (SSSR count). The van der Waals surface area contributed by atoms with Crippen molar-refractivity contribution in [3.8, 4) is 0 Å². The second-order valence-electron chi connectivity index (χ2n) is 5.37. The van der Waals surface area contributed by atoms with Gasteiger partial charge >= 0.3 is 0 Å². The smallest absolute Gasteiger partial charge is 0.240 e. The largest absolute Gasteiger partial charge is 0.349 e. The van der Waals surface area contributed by atoms with E-state index in [1.165, 1.54) is 6.07 Å². The summed E-state index contributed by atoms with van der Waals surface area (Å²) in [6.07, 6.45) is 1.65. The van der Waals surface area contributed by atoms with Gasteiger partial charge in [0.25, 0.3) is 0 Å². The highest BCUT2D eigenvalue weighted by Gasteiger charge is 2.07. The Hall–Kier alpha value is -2.95. The van der Waals surface area contributed by atoms with Crippen molar-refractivity contribution in [3.63, 3.8) is 0 Å². The summed E-state index contributed by atoms with van der Waals surface area (Å²) >= 11 is 0. The van der Waals surface area contributed by atoms with Crippen molar-refractivity contribution in [3.05, 3.63) is 76.3 Å². The van der Waals surface area contributed by atoms with Gasteiger partial charge in [0.15, 0.2) is 5.43 Å². The van der Waals surface area contributed by atoms with E-state index in [0.717, 1.165) is 16.9 Å². The number of aryl methyl sites for hydroxylation is 1. The molecule has 0 fully saturated rings. The van der Waals surface area contributed by atoms with Gasteiger partial charge in [-0.05, 0) is 31.2 Å². The fraction of sp³-hybridized carbons (Fsp3) is 0.167. The number of nitrogens with one attached hydrogen (secondary N) is 1. The summed E-state index contributed by atoms with van der Waals surface area (Å²) in [7, 11) is 0. The highest BCUT2D eigenvalue weighted by atomic mass is 16.2. The van der Waals surface area contributed by atoms with Gasteiger partial charge in [0.1, 0.15) is 6.54 Å². The Morgan fingerprint density at radius 2 is 1.96 bits per heavy atom. The van der Waals surface area contributed by atoms with Gasteiger partial charge in [-0.1, -0.05) is 18.2 Å². The molecule has 5 nitrogen and oxygen atoms in total. The Morgan fingerprint density at radius 1 is 1.13 bits per heavy atom. The Kier molecular flexibility index (Phi) is 4.19. The number of nitrogens with zero attached hydrogens (tertiary/aromatic N) is 2. The van der Waals surface area contributed by atoms with Gasteiger partial charge in [0, 0.05) is 23.3 Å².